The number of ether oxygens (including phenoxy) is 1. The monoisotopic (exact) mass is 307 g/mol. The molecule has 0 aromatic heterocycles. The average Bonchev–Trinajstić information content (AvgIpc) is 2.45. The van der Waals surface area contributed by atoms with Crippen LogP contribution in [0, 0.1) is 12.7 Å². The van der Waals surface area contributed by atoms with E-state index in [2.05, 4.69) is 5.32 Å². The SMILES string of the molecule is CNC(C)c1ccc(OCc2ccc(C)cc2Cl)cc1F. The van der Waals surface area contributed by atoms with Gasteiger partial charge < -0.3 is 10.1 Å². The summed E-state index contributed by atoms with van der Waals surface area (Å²) in [4.78, 5) is 0. The van der Waals surface area contributed by atoms with Gasteiger partial charge in [-0.3, -0.25) is 0 Å². The zero-order chi connectivity index (χ0) is 15.4. The van der Waals surface area contributed by atoms with Crippen molar-refractivity contribution in [3.8, 4) is 5.75 Å². The first-order chi connectivity index (χ1) is 10.0. The molecule has 2 nitrogen and oxygen atoms in total. The Hall–Kier alpha value is -1.58. The van der Waals surface area contributed by atoms with Gasteiger partial charge in [-0.25, -0.2) is 4.39 Å². The van der Waals surface area contributed by atoms with Crippen LogP contribution in [0.5, 0.6) is 5.75 Å². The second-order valence-electron chi connectivity index (χ2n) is 5.08. The summed E-state index contributed by atoms with van der Waals surface area (Å²) in [6, 6.07) is 10.7. The number of halogens is 2. The van der Waals surface area contributed by atoms with Crippen molar-refractivity contribution in [2.75, 3.05) is 7.05 Å². The molecule has 0 bridgehead atoms. The van der Waals surface area contributed by atoms with Crippen molar-refractivity contribution in [2.45, 2.75) is 26.5 Å². The molecule has 0 fully saturated rings. The number of hydrogen-bond acceptors (Lipinski definition) is 2. The van der Waals surface area contributed by atoms with Gasteiger partial charge in [-0.2, -0.15) is 0 Å². The van der Waals surface area contributed by atoms with E-state index >= 15 is 0 Å². The second kappa shape index (κ2) is 6.92. The minimum Gasteiger partial charge on any atom is -0.489 e. The Bertz CT molecular complexity index is 630. The molecule has 0 spiro atoms. The average molecular weight is 308 g/mol. The van der Waals surface area contributed by atoms with Crippen LogP contribution in [-0.2, 0) is 6.61 Å². The van der Waals surface area contributed by atoms with E-state index in [1.54, 1.807) is 19.2 Å². The molecule has 0 saturated heterocycles. The molecule has 2 aromatic rings. The lowest BCUT2D eigenvalue weighted by Crippen LogP contribution is -2.13. The van der Waals surface area contributed by atoms with E-state index in [0.29, 0.717) is 22.9 Å². The summed E-state index contributed by atoms with van der Waals surface area (Å²) in [6.07, 6.45) is 0. The standard InChI is InChI=1S/C17H19ClFNO/c1-11-4-5-13(16(18)8-11)10-21-14-6-7-15(12(2)20-3)17(19)9-14/h4-9,12,20H,10H2,1-3H3. The number of benzene rings is 2. The van der Waals surface area contributed by atoms with E-state index < -0.39 is 0 Å². The van der Waals surface area contributed by atoms with E-state index in [0.717, 1.165) is 11.1 Å². The number of rotatable bonds is 5. The van der Waals surface area contributed by atoms with Gasteiger partial charge >= 0.3 is 0 Å². The van der Waals surface area contributed by atoms with Gasteiger partial charge in [-0.15, -0.1) is 0 Å². The minimum absolute atomic E-state index is 0.0365. The Balaban J connectivity index is 2.08. The van der Waals surface area contributed by atoms with Crippen LogP contribution < -0.4 is 10.1 Å². The number of nitrogens with one attached hydrogen (secondary N) is 1. The van der Waals surface area contributed by atoms with Crippen LogP contribution in [0.1, 0.15) is 29.7 Å². The van der Waals surface area contributed by atoms with Crippen molar-refractivity contribution in [3.05, 3.63) is 63.9 Å². The molecular formula is C17H19ClFNO. The van der Waals surface area contributed by atoms with Crippen molar-refractivity contribution in [1.29, 1.82) is 0 Å². The van der Waals surface area contributed by atoms with Gasteiger partial charge in [0.05, 0.1) is 0 Å². The Kier molecular flexibility index (Phi) is 5.21. The van der Waals surface area contributed by atoms with Gasteiger partial charge in [0, 0.05) is 28.3 Å². The van der Waals surface area contributed by atoms with Crippen LogP contribution in [0.25, 0.3) is 0 Å². The molecule has 21 heavy (non-hydrogen) atoms. The number of aryl methyl sites for hydroxylation is 1. The van der Waals surface area contributed by atoms with Crippen LogP contribution in [0.2, 0.25) is 5.02 Å². The third-order valence-electron chi connectivity index (χ3n) is 3.47. The van der Waals surface area contributed by atoms with Crippen molar-refractivity contribution in [1.82, 2.24) is 5.32 Å². The highest BCUT2D eigenvalue weighted by Crippen LogP contribution is 2.24. The van der Waals surface area contributed by atoms with E-state index in [4.69, 9.17) is 16.3 Å². The van der Waals surface area contributed by atoms with Crippen LogP contribution in [0.3, 0.4) is 0 Å². The Morgan fingerprint density at radius 1 is 1.24 bits per heavy atom. The van der Waals surface area contributed by atoms with Crippen LogP contribution in [0.15, 0.2) is 36.4 Å². The highest BCUT2D eigenvalue weighted by Gasteiger charge is 2.10. The predicted molar refractivity (Wildman–Crippen MR) is 84.4 cm³/mol. The largest absolute Gasteiger partial charge is 0.489 e. The molecule has 4 heteroatoms. The summed E-state index contributed by atoms with van der Waals surface area (Å²) in [5, 5.41) is 3.68. The Morgan fingerprint density at radius 2 is 2.00 bits per heavy atom. The molecule has 0 saturated carbocycles. The van der Waals surface area contributed by atoms with Gasteiger partial charge in [-0.05, 0) is 38.6 Å². The maximum atomic E-state index is 14.0. The van der Waals surface area contributed by atoms with Gasteiger partial charge in [0.1, 0.15) is 18.2 Å². The van der Waals surface area contributed by atoms with Crippen LogP contribution in [-0.4, -0.2) is 7.05 Å². The van der Waals surface area contributed by atoms with Crippen molar-refractivity contribution in [3.63, 3.8) is 0 Å². The summed E-state index contributed by atoms with van der Waals surface area (Å²) in [7, 11) is 1.80. The zero-order valence-corrected chi connectivity index (χ0v) is 13.2. The fourth-order valence-corrected chi connectivity index (χ4v) is 2.32. The van der Waals surface area contributed by atoms with Gasteiger partial charge in [0.25, 0.3) is 0 Å². The summed E-state index contributed by atoms with van der Waals surface area (Å²) in [5.74, 6) is 0.223. The van der Waals surface area contributed by atoms with E-state index in [1.165, 1.54) is 6.07 Å². The maximum Gasteiger partial charge on any atom is 0.131 e. The topological polar surface area (TPSA) is 21.3 Å². The lowest BCUT2D eigenvalue weighted by molar-refractivity contribution is 0.304. The van der Waals surface area contributed by atoms with Crippen molar-refractivity contribution >= 4 is 11.6 Å². The molecule has 0 aliphatic rings. The zero-order valence-electron chi connectivity index (χ0n) is 12.4. The third-order valence-corrected chi connectivity index (χ3v) is 3.83. The third kappa shape index (κ3) is 3.96. The molecule has 112 valence electrons. The molecule has 0 aliphatic heterocycles. The fraction of sp³-hybridized carbons (Fsp3) is 0.294. The quantitative estimate of drug-likeness (QED) is 0.868. The highest BCUT2D eigenvalue weighted by molar-refractivity contribution is 6.31. The first-order valence-corrected chi connectivity index (χ1v) is 7.23. The fourth-order valence-electron chi connectivity index (χ4n) is 2.03. The lowest BCUT2D eigenvalue weighted by Gasteiger charge is -2.13. The summed E-state index contributed by atoms with van der Waals surface area (Å²) < 4.78 is 19.6. The summed E-state index contributed by atoms with van der Waals surface area (Å²) in [5.41, 5.74) is 2.61. The minimum atomic E-state index is -0.274. The van der Waals surface area contributed by atoms with E-state index in [9.17, 15) is 4.39 Å². The molecule has 2 aromatic carbocycles. The normalized spacial score (nSPS) is 12.2. The molecule has 0 radical (unpaired) electrons. The predicted octanol–water partition coefficient (Wildman–Crippen LogP) is 4.65. The molecule has 1 atom stereocenters. The van der Waals surface area contributed by atoms with E-state index in [-0.39, 0.29) is 11.9 Å². The van der Waals surface area contributed by atoms with E-state index in [1.807, 2.05) is 32.0 Å². The molecule has 2 rings (SSSR count). The highest BCUT2D eigenvalue weighted by atomic mass is 35.5. The summed E-state index contributed by atoms with van der Waals surface area (Å²) >= 11 is 6.15. The number of hydrogen-bond donors (Lipinski definition) is 1. The Labute approximate surface area is 129 Å². The van der Waals surface area contributed by atoms with Crippen molar-refractivity contribution in [2.24, 2.45) is 0 Å². The van der Waals surface area contributed by atoms with Crippen LogP contribution in [0.4, 0.5) is 4.39 Å². The van der Waals surface area contributed by atoms with Crippen LogP contribution >= 0.6 is 11.6 Å². The molecule has 1 N–H and O–H groups in total. The molecular weight excluding hydrogens is 289 g/mol. The maximum absolute atomic E-state index is 14.0. The molecule has 0 aliphatic carbocycles. The van der Waals surface area contributed by atoms with Gasteiger partial charge in [-0.1, -0.05) is 29.8 Å². The molecule has 1 unspecified atom stereocenters. The first kappa shape index (κ1) is 15.8. The molecule has 0 heterocycles. The Morgan fingerprint density at radius 3 is 2.62 bits per heavy atom. The molecule has 0 amide bonds. The van der Waals surface area contributed by atoms with Gasteiger partial charge in [0.2, 0.25) is 0 Å². The lowest BCUT2D eigenvalue weighted by atomic mass is 10.1. The van der Waals surface area contributed by atoms with Crippen molar-refractivity contribution < 1.29 is 9.13 Å². The van der Waals surface area contributed by atoms with Gasteiger partial charge in [0.15, 0.2) is 0 Å². The first-order valence-electron chi connectivity index (χ1n) is 6.86. The smallest absolute Gasteiger partial charge is 0.131 e. The second-order valence-corrected chi connectivity index (χ2v) is 5.48. The summed E-state index contributed by atoms with van der Waals surface area (Å²) in [6.45, 7) is 4.21.